The van der Waals surface area contributed by atoms with Gasteiger partial charge in [-0.2, -0.15) is 0 Å². The molecule has 124 valence electrons. The van der Waals surface area contributed by atoms with Crippen molar-refractivity contribution >= 4 is 23.2 Å². The lowest BCUT2D eigenvalue weighted by Gasteiger charge is -2.12. The highest BCUT2D eigenvalue weighted by atomic mass is 32.1. The molecule has 0 N–H and O–H groups in total. The molecule has 4 rings (SSSR count). The number of Topliss-reactive ketones (excluding diaryl/α,β-unsaturated/α-hetero) is 1. The van der Waals surface area contributed by atoms with E-state index in [1.165, 1.54) is 11.3 Å². The zero-order valence-electron chi connectivity index (χ0n) is 13.9. The summed E-state index contributed by atoms with van der Waals surface area (Å²) in [5.74, 6) is 0.895. The molecule has 0 bridgehead atoms. The fraction of sp³-hybridized carbons (Fsp3) is 0.143. The van der Waals surface area contributed by atoms with E-state index in [2.05, 4.69) is 0 Å². The van der Waals surface area contributed by atoms with E-state index in [1.807, 2.05) is 60.7 Å². The van der Waals surface area contributed by atoms with Gasteiger partial charge in [0.15, 0.2) is 0 Å². The Morgan fingerprint density at radius 1 is 1.08 bits per heavy atom. The number of hydrogen-bond donors (Lipinski definition) is 0. The van der Waals surface area contributed by atoms with Gasteiger partial charge in [0, 0.05) is 11.1 Å². The van der Waals surface area contributed by atoms with Crippen LogP contribution >= 0.6 is 11.3 Å². The largest absolute Gasteiger partial charge is 0.497 e. The Kier molecular flexibility index (Phi) is 4.20. The number of benzene rings is 2. The number of nitrogens with zero attached hydrogens (tertiary/aromatic N) is 1. The highest BCUT2D eigenvalue weighted by Crippen LogP contribution is 2.35. The third-order valence-electron chi connectivity index (χ3n) is 4.28. The SMILES string of the molecule is COc1cccc(C=C2CCc3nc(-c4ccccc4)sc3C2=O)c1. The molecule has 0 fully saturated rings. The van der Waals surface area contributed by atoms with E-state index in [4.69, 9.17) is 9.72 Å². The summed E-state index contributed by atoms with van der Waals surface area (Å²) in [4.78, 5) is 18.4. The second kappa shape index (κ2) is 6.65. The van der Waals surface area contributed by atoms with Crippen molar-refractivity contribution in [3.05, 3.63) is 76.3 Å². The van der Waals surface area contributed by atoms with Crippen molar-refractivity contribution in [1.29, 1.82) is 0 Å². The summed E-state index contributed by atoms with van der Waals surface area (Å²) in [6, 6.07) is 17.8. The number of rotatable bonds is 3. The minimum atomic E-state index is 0.101. The Balaban J connectivity index is 1.67. The first-order valence-electron chi connectivity index (χ1n) is 8.19. The summed E-state index contributed by atoms with van der Waals surface area (Å²) >= 11 is 1.49. The van der Waals surface area contributed by atoms with E-state index < -0.39 is 0 Å². The Morgan fingerprint density at radius 3 is 2.72 bits per heavy atom. The molecule has 3 aromatic rings. The average molecular weight is 347 g/mol. The monoisotopic (exact) mass is 347 g/mol. The van der Waals surface area contributed by atoms with Crippen LogP contribution in [0.25, 0.3) is 16.6 Å². The summed E-state index contributed by atoms with van der Waals surface area (Å²) in [6.07, 6.45) is 3.50. The van der Waals surface area contributed by atoms with Crippen LogP contribution in [-0.4, -0.2) is 17.9 Å². The normalized spacial score (nSPS) is 15.2. The maximum absolute atomic E-state index is 12.9. The molecule has 0 unspecified atom stereocenters. The van der Waals surface area contributed by atoms with Gasteiger partial charge in [-0.05, 0) is 36.6 Å². The van der Waals surface area contributed by atoms with Crippen molar-refractivity contribution in [2.24, 2.45) is 0 Å². The van der Waals surface area contributed by atoms with Crippen LogP contribution in [0, 0.1) is 0 Å². The molecule has 0 atom stereocenters. The van der Waals surface area contributed by atoms with E-state index in [0.717, 1.165) is 50.9 Å². The van der Waals surface area contributed by atoms with Gasteiger partial charge in [-0.15, -0.1) is 11.3 Å². The summed E-state index contributed by atoms with van der Waals surface area (Å²) in [5.41, 5.74) is 3.81. The molecule has 1 aliphatic carbocycles. The molecule has 2 aromatic carbocycles. The van der Waals surface area contributed by atoms with Gasteiger partial charge in [-0.1, -0.05) is 42.5 Å². The maximum atomic E-state index is 12.9. The second-order valence-corrected chi connectivity index (χ2v) is 6.94. The Morgan fingerprint density at radius 2 is 1.92 bits per heavy atom. The lowest BCUT2D eigenvalue weighted by molar-refractivity contribution is 0.103. The van der Waals surface area contributed by atoms with E-state index in [-0.39, 0.29) is 5.78 Å². The van der Waals surface area contributed by atoms with Gasteiger partial charge < -0.3 is 4.74 Å². The first-order chi connectivity index (χ1) is 12.2. The van der Waals surface area contributed by atoms with E-state index in [0.29, 0.717) is 0 Å². The number of carbonyl (C=O) groups is 1. The number of hydrogen-bond acceptors (Lipinski definition) is 4. The van der Waals surface area contributed by atoms with Crippen molar-refractivity contribution < 1.29 is 9.53 Å². The quantitative estimate of drug-likeness (QED) is 0.624. The molecular formula is C21H17NO2S. The number of methoxy groups -OCH3 is 1. The number of fused-ring (bicyclic) bond motifs is 1. The van der Waals surface area contributed by atoms with Gasteiger partial charge in [0.25, 0.3) is 0 Å². The van der Waals surface area contributed by atoms with Crippen LogP contribution in [0.15, 0.2) is 60.2 Å². The molecular weight excluding hydrogens is 330 g/mol. The predicted octanol–water partition coefficient (Wildman–Crippen LogP) is 5.03. The van der Waals surface area contributed by atoms with Crippen molar-refractivity contribution in [3.63, 3.8) is 0 Å². The minimum Gasteiger partial charge on any atom is -0.497 e. The van der Waals surface area contributed by atoms with Crippen molar-refractivity contribution in [2.75, 3.05) is 7.11 Å². The zero-order valence-corrected chi connectivity index (χ0v) is 14.7. The lowest BCUT2D eigenvalue weighted by atomic mass is 9.94. The molecule has 25 heavy (non-hydrogen) atoms. The van der Waals surface area contributed by atoms with Gasteiger partial charge in [-0.25, -0.2) is 4.98 Å². The van der Waals surface area contributed by atoms with Crippen LogP contribution in [-0.2, 0) is 6.42 Å². The van der Waals surface area contributed by atoms with Gasteiger partial charge >= 0.3 is 0 Å². The molecule has 0 saturated heterocycles. The summed E-state index contributed by atoms with van der Waals surface area (Å²) in [7, 11) is 1.65. The summed E-state index contributed by atoms with van der Waals surface area (Å²) in [6.45, 7) is 0. The van der Waals surface area contributed by atoms with Gasteiger partial charge in [0.05, 0.1) is 17.7 Å². The molecule has 4 heteroatoms. The molecule has 0 amide bonds. The molecule has 0 radical (unpaired) electrons. The van der Waals surface area contributed by atoms with Crippen molar-refractivity contribution in [3.8, 4) is 16.3 Å². The van der Waals surface area contributed by atoms with Crippen LogP contribution < -0.4 is 4.74 Å². The van der Waals surface area contributed by atoms with Gasteiger partial charge in [-0.3, -0.25) is 4.79 Å². The molecule has 0 saturated carbocycles. The van der Waals surface area contributed by atoms with E-state index >= 15 is 0 Å². The molecule has 1 aromatic heterocycles. The highest BCUT2D eigenvalue weighted by molar-refractivity contribution is 7.17. The zero-order chi connectivity index (χ0) is 17.2. The first kappa shape index (κ1) is 15.8. The number of thiazole rings is 1. The summed E-state index contributed by atoms with van der Waals surface area (Å²) < 4.78 is 5.26. The van der Waals surface area contributed by atoms with Crippen LogP contribution in [0.5, 0.6) is 5.75 Å². The fourth-order valence-corrected chi connectivity index (χ4v) is 4.08. The van der Waals surface area contributed by atoms with Crippen LogP contribution in [0.3, 0.4) is 0 Å². The standard InChI is InChI=1S/C21H17NO2S/c1-24-17-9-5-6-14(13-17)12-16-10-11-18-20(19(16)23)25-21(22-18)15-7-3-2-4-8-15/h2-9,12-13H,10-11H2,1H3. The Labute approximate surface area is 150 Å². The van der Waals surface area contributed by atoms with Gasteiger partial charge in [0.2, 0.25) is 5.78 Å². The Hall–Kier alpha value is -2.72. The van der Waals surface area contributed by atoms with Gasteiger partial charge in [0.1, 0.15) is 10.8 Å². The van der Waals surface area contributed by atoms with Crippen molar-refractivity contribution in [2.45, 2.75) is 12.8 Å². The van der Waals surface area contributed by atoms with Crippen LogP contribution in [0.4, 0.5) is 0 Å². The smallest absolute Gasteiger partial charge is 0.200 e. The second-order valence-electron chi connectivity index (χ2n) is 5.94. The number of carbonyl (C=O) groups excluding carboxylic acids is 1. The maximum Gasteiger partial charge on any atom is 0.200 e. The van der Waals surface area contributed by atoms with Crippen LogP contribution in [0.1, 0.15) is 27.3 Å². The molecule has 3 nitrogen and oxygen atoms in total. The lowest BCUT2D eigenvalue weighted by Crippen LogP contribution is -2.12. The highest BCUT2D eigenvalue weighted by Gasteiger charge is 2.26. The summed E-state index contributed by atoms with van der Waals surface area (Å²) in [5, 5.41) is 0.918. The number of aromatic nitrogens is 1. The van der Waals surface area contributed by atoms with Crippen LogP contribution in [0.2, 0.25) is 0 Å². The van der Waals surface area contributed by atoms with E-state index in [1.54, 1.807) is 7.11 Å². The third kappa shape index (κ3) is 3.13. The number of aryl methyl sites for hydroxylation is 1. The average Bonchev–Trinajstić information content (AvgIpc) is 3.10. The molecule has 0 spiro atoms. The minimum absolute atomic E-state index is 0.101. The third-order valence-corrected chi connectivity index (χ3v) is 5.43. The molecule has 1 aliphatic rings. The number of allylic oxidation sites excluding steroid dienone is 1. The topological polar surface area (TPSA) is 39.2 Å². The predicted molar refractivity (Wildman–Crippen MR) is 101 cm³/mol. The molecule has 1 heterocycles. The fourth-order valence-electron chi connectivity index (χ4n) is 2.99. The van der Waals surface area contributed by atoms with E-state index in [9.17, 15) is 4.79 Å². The molecule has 0 aliphatic heterocycles. The Bertz CT molecular complexity index is 957. The van der Waals surface area contributed by atoms with Crippen molar-refractivity contribution in [1.82, 2.24) is 4.98 Å². The number of ketones is 1. The first-order valence-corrected chi connectivity index (χ1v) is 9.00. The number of ether oxygens (including phenoxy) is 1.